The standard InChI is InChI=1S/C10H11N3O2S2/c1-15-9(14)8-5-17-10(13-8)11-3-2-7-4-16-6-12-7/h4-6H,2-3H2,1H3,(H,11,13). The Kier molecular flexibility index (Phi) is 4.05. The number of nitrogens with zero attached hydrogens (tertiary/aromatic N) is 2. The maximum absolute atomic E-state index is 11.2. The number of nitrogens with one attached hydrogen (secondary N) is 1. The van der Waals surface area contributed by atoms with Crippen molar-refractivity contribution in [3.63, 3.8) is 0 Å². The first kappa shape index (κ1) is 12.0. The minimum absolute atomic E-state index is 0.341. The molecular formula is C10H11N3O2S2. The Morgan fingerprint density at radius 2 is 2.41 bits per heavy atom. The van der Waals surface area contributed by atoms with E-state index in [1.165, 1.54) is 18.4 Å². The van der Waals surface area contributed by atoms with Gasteiger partial charge in [-0.2, -0.15) is 0 Å². The molecule has 0 aliphatic rings. The number of carbonyl (C=O) groups is 1. The largest absolute Gasteiger partial charge is 0.464 e. The van der Waals surface area contributed by atoms with Gasteiger partial charge in [-0.1, -0.05) is 0 Å². The van der Waals surface area contributed by atoms with Crippen LogP contribution in [-0.4, -0.2) is 29.6 Å². The van der Waals surface area contributed by atoms with Gasteiger partial charge in [0.1, 0.15) is 0 Å². The molecule has 0 aliphatic carbocycles. The lowest BCUT2D eigenvalue weighted by atomic mass is 10.3. The van der Waals surface area contributed by atoms with E-state index >= 15 is 0 Å². The number of carbonyl (C=O) groups excluding carboxylic acids is 1. The number of esters is 1. The van der Waals surface area contributed by atoms with Gasteiger partial charge in [-0.3, -0.25) is 0 Å². The second-order valence-corrected chi connectivity index (χ2v) is 4.76. The van der Waals surface area contributed by atoms with Gasteiger partial charge in [-0.05, 0) is 0 Å². The maximum Gasteiger partial charge on any atom is 0.357 e. The van der Waals surface area contributed by atoms with E-state index in [2.05, 4.69) is 20.0 Å². The molecule has 1 N–H and O–H groups in total. The molecule has 2 heterocycles. The summed E-state index contributed by atoms with van der Waals surface area (Å²) in [5.41, 5.74) is 3.22. The zero-order chi connectivity index (χ0) is 12.1. The summed E-state index contributed by atoms with van der Waals surface area (Å²) in [6, 6.07) is 0. The zero-order valence-corrected chi connectivity index (χ0v) is 10.8. The molecule has 0 atom stereocenters. The van der Waals surface area contributed by atoms with Gasteiger partial charge >= 0.3 is 5.97 Å². The topological polar surface area (TPSA) is 64.1 Å². The number of hydrogen-bond acceptors (Lipinski definition) is 7. The van der Waals surface area contributed by atoms with E-state index < -0.39 is 5.97 Å². The van der Waals surface area contributed by atoms with Crippen LogP contribution in [0.3, 0.4) is 0 Å². The van der Waals surface area contributed by atoms with Crippen LogP contribution in [0.2, 0.25) is 0 Å². The molecule has 2 rings (SSSR count). The molecule has 0 saturated carbocycles. The molecule has 7 heteroatoms. The Hall–Kier alpha value is -1.47. The fraction of sp³-hybridized carbons (Fsp3) is 0.300. The quantitative estimate of drug-likeness (QED) is 0.841. The maximum atomic E-state index is 11.2. The highest BCUT2D eigenvalue weighted by molar-refractivity contribution is 7.13. The SMILES string of the molecule is COC(=O)c1csc(NCCc2cscn2)n1. The first-order chi connectivity index (χ1) is 8.29. The molecule has 0 unspecified atom stereocenters. The molecule has 0 spiro atoms. The van der Waals surface area contributed by atoms with Crippen LogP contribution >= 0.6 is 22.7 Å². The van der Waals surface area contributed by atoms with Gasteiger partial charge in [0.05, 0.1) is 18.3 Å². The number of ether oxygens (including phenoxy) is 1. The third kappa shape index (κ3) is 3.24. The molecule has 5 nitrogen and oxygen atoms in total. The fourth-order valence-electron chi connectivity index (χ4n) is 1.21. The van der Waals surface area contributed by atoms with Gasteiger partial charge in [0.15, 0.2) is 10.8 Å². The first-order valence-electron chi connectivity index (χ1n) is 4.94. The number of rotatable bonds is 5. The average molecular weight is 269 g/mol. The minimum atomic E-state index is -0.409. The van der Waals surface area contributed by atoms with Crippen LogP contribution in [0.4, 0.5) is 5.13 Å². The predicted molar refractivity (Wildman–Crippen MR) is 67.8 cm³/mol. The lowest BCUT2D eigenvalue weighted by Gasteiger charge is -1.99. The molecule has 2 aromatic rings. The lowest BCUT2D eigenvalue weighted by Crippen LogP contribution is -2.06. The highest BCUT2D eigenvalue weighted by atomic mass is 32.1. The molecule has 0 bridgehead atoms. The van der Waals surface area contributed by atoms with Crippen molar-refractivity contribution < 1.29 is 9.53 Å². The van der Waals surface area contributed by atoms with Gasteiger partial charge in [0.2, 0.25) is 0 Å². The van der Waals surface area contributed by atoms with Gasteiger partial charge in [0.25, 0.3) is 0 Å². The van der Waals surface area contributed by atoms with Crippen molar-refractivity contribution in [2.24, 2.45) is 0 Å². The van der Waals surface area contributed by atoms with Crippen molar-refractivity contribution in [1.82, 2.24) is 9.97 Å². The Morgan fingerprint density at radius 3 is 3.12 bits per heavy atom. The van der Waals surface area contributed by atoms with Crippen LogP contribution in [-0.2, 0) is 11.2 Å². The molecule has 0 amide bonds. The molecule has 2 aromatic heterocycles. The smallest absolute Gasteiger partial charge is 0.357 e. The van der Waals surface area contributed by atoms with E-state index in [-0.39, 0.29) is 0 Å². The monoisotopic (exact) mass is 269 g/mol. The van der Waals surface area contributed by atoms with E-state index in [1.54, 1.807) is 16.7 Å². The fourth-order valence-corrected chi connectivity index (χ4v) is 2.51. The second-order valence-electron chi connectivity index (χ2n) is 3.19. The molecule has 0 aliphatic heterocycles. The van der Waals surface area contributed by atoms with Crippen LogP contribution < -0.4 is 5.32 Å². The number of methoxy groups -OCH3 is 1. The van der Waals surface area contributed by atoms with Crippen molar-refractivity contribution in [2.45, 2.75) is 6.42 Å². The normalized spacial score (nSPS) is 10.2. The summed E-state index contributed by atoms with van der Waals surface area (Å²) >= 11 is 2.97. The highest BCUT2D eigenvalue weighted by Crippen LogP contribution is 2.15. The van der Waals surface area contributed by atoms with E-state index in [0.717, 1.165) is 23.8 Å². The van der Waals surface area contributed by atoms with Crippen LogP contribution in [0.15, 0.2) is 16.3 Å². The molecule has 0 aromatic carbocycles. The molecule has 0 fully saturated rings. The van der Waals surface area contributed by atoms with Crippen LogP contribution in [0.1, 0.15) is 16.2 Å². The summed E-state index contributed by atoms with van der Waals surface area (Å²) in [6.07, 6.45) is 0.844. The zero-order valence-electron chi connectivity index (χ0n) is 9.17. The molecule has 17 heavy (non-hydrogen) atoms. The van der Waals surface area contributed by atoms with Crippen molar-refractivity contribution >= 4 is 33.8 Å². The number of thiazole rings is 2. The summed E-state index contributed by atoms with van der Waals surface area (Å²) in [5, 5.41) is 7.56. The summed E-state index contributed by atoms with van der Waals surface area (Å²) in [7, 11) is 1.34. The van der Waals surface area contributed by atoms with E-state index in [4.69, 9.17) is 0 Å². The lowest BCUT2D eigenvalue weighted by molar-refractivity contribution is 0.0595. The third-order valence-electron chi connectivity index (χ3n) is 2.04. The van der Waals surface area contributed by atoms with Gasteiger partial charge in [-0.25, -0.2) is 14.8 Å². The number of aromatic nitrogens is 2. The van der Waals surface area contributed by atoms with Crippen LogP contribution in [0.5, 0.6) is 0 Å². The van der Waals surface area contributed by atoms with Crippen molar-refractivity contribution in [3.8, 4) is 0 Å². The third-order valence-corrected chi connectivity index (χ3v) is 3.47. The van der Waals surface area contributed by atoms with Crippen molar-refractivity contribution in [1.29, 1.82) is 0 Å². The van der Waals surface area contributed by atoms with Crippen molar-refractivity contribution in [3.05, 3.63) is 27.7 Å². The van der Waals surface area contributed by atoms with Gasteiger partial charge in [-0.15, -0.1) is 22.7 Å². The average Bonchev–Trinajstić information content (AvgIpc) is 2.99. The Bertz CT molecular complexity index is 481. The van der Waals surface area contributed by atoms with E-state index in [1.807, 2.05) is 10.9 Å². The van der Waals surface area contributed by atoms with Gasteiger partial charge < -0.3 is 10.1 Å². The molecule has 0 saturated heterocycles. The second kappa shape index (κ2) is 5.74. The minimum Gasteiger partial charge on any atom is -0.464 e. The highest BCUT2D eigenvalue weighted by Gasteiger charge is 2.10. The summed E-state index contributed by atoms with van der Waals surface area (Å²) in [4.78, 5) is 19.5. The summed E-state index contributed by atoms with van der Waals surface area (Å²) in [6.45, 7) is 0.748. The number of hydrogen-bond donors (Lipinski definition) is 1. The predicted octanol–water partition coefficient (Wildman–Crippen LogP) is 2.04. The Labute approximate surface area is 106 Å². The van der Waals surface area contributed by atoms with Crippen molar-refractivity contribution in [2.75, 3.05) is 19.0 Å². The van der Waals surface area contributed by atoms with Crippen LogP contribution in [0.25, 0.3) is 0 Å². The van der Waals surface area contributed by atoms with E-state index in [9.17, 15) is 4.79 Å². The molecular weight excluding hydrogens is 258 g/mol. The first-order valence-corrected chi connectivity index (χ1v) is 6.76. The summed E-state index contributed by atoms with van der Waals surface area (Å²) < 4.78 is 4.58. The summed E-state index contributed by atoms with van der Waals surface area (Å²) in [5.74, 6) is -0.409. The Balaban J connectivity index is 1.83. The van der Waals surface area contributed by atoms with Crippen LogP contribution in [0, 0.1) is 0 Å². The van der Waals surface area contributed by atoms with E-state index in [0.29, 0.717) is 5.69 Å². The van der Waals surface area contributed by atoms with Gasteiger partial charge in [0, 0.05) is 23.7 Å². The number of anilines is 1. The Morgan fingerprint density at radius 1 is 1.53 bits per heavy atom. The molecule has 90 valence electrons. The molecule has 0 radical (unpaired) electrons.